The van der Waals surface area contributed by atoms with Crippen LogP contribution in [0.5, 0.6) is 5.75 Å². The number of rotatable bonds is 8. The van der Waals surface area contributed by atoms with Crippen molar-refractivity contribution in [2.45, 2.75) is 0 Å². The highest BCUT2D eigenvalue weighted by molar-refractivity contribution is 9.10. The van der Waals surface area contributed by atoms with E-state index in [1.54, 1.807) is 19.2 Å². The third-order valence-corrected chi connectivity index (χ3v) is 2.79. The Kier molecular flexibility index (Phi) is 6.70. The summed E-state index contributed by atoms with van der Waals surface area (Å²) in [4.78, 5) is 10.9. The van der Waals surface area contributed by atoms with E-state index in [0.29, 0.717) is 36.6 Å². The molecule has 0 spiro atoms. The van der Waals surface area contributed by atoms with Crippen molar-refractivity contribution in [3.05, 3.63) is 28.2 Å². The number of carbonyl (C=O) groups is 1. The zero-order valence-electron chi connectivity index (χ0n) is 10.0. The van der Waals surface area contributed by atoms with Gasteiger partial charge in [-0.25, -0.2) is 4.79 Å². The molecule has 0 aliphatic rings. The third-order valence-electron chi connectivity index (χ3n) is 2.10. The van der Waals surface area contributed by atoms with Gasteiger partial charge in [-0.3, -0.25) is 0 Å². The lowest BCUT2D eigenvalue weighted by Gasteiger charge is -2.08. The monoisotopic (exact) mass is 318 g/mol. The maximum atomic E-state index is 10.9. The predicted octanol–water partition coefficient (Wildman–Crippen LogP) is 2.19. The van der Waals surface area contributed by atoms with Gasteiger partial charge in [0.1, 0.15) is 12.4 Å². The highest BCUT2D eigenvalue weighted by Crippen LogP contribution is 2.22. The van der Waals surface area contributed by atoms with Gasteiger partial charge in [0.05, 0.1) is 25.4 Å². The zero-order chi connectivity index (χ0) is 13.4. The molecule has 5 nitrogen and oxygen atoms in total. The number of carboxylic acid groups (broad SMARTS) is 1. The summed E-state index contributed by atoms with van der Waals surface area (Å²) in [6.45, 7) is 1.86. The number of benzene rings is 1. The van der Waals surface area contributed by atoms with Gasteiger partial charge in [-0.15, -0.1) is 0 Å². The maximum Gasteiger partial charge on any atom is 0.336 e. The van der Waals surface area contributed by atoms with Crippen LogP contribution >= 0.6 is 15.9 Å². The van der Waals surface area contributed by atoms with Gasteiger partial charge in [0.15, 0.2) is 0 Å². The number of ether oxygens (including phenoxy) is 3. The number of hydrogen-bond acceptors (Lipinski definition) is 4. The number of methoxy groups -OCH3 is 1. The van der Waals surface area contributed by atoms with Gasteiger partial charge in [0, 0.05) is 11.6 Å². The molecule has 0 amide bonds. The summed E-state index contributed by atoms with van der Waals surface area (Å²) in [6, 6.07) is 4.82. The molecule has 18 heavy (non-hydrogen) atoms. The van der Waals surface area contributed by atoms with E-state index in [4.69, 9.17) is 19.3 Å². The van der Waals surface area contributed by atoms with Crippen LogP contribution in [0.2, 0.25) is 0 Å². The molecule has 100 valence electrons. The maximum absolute atomic E-state index is 10.9. The Morgan fingerprint density at radius 3 is 2.67 bits per heavy atom. The highest BCUT2D eigenvalue weighted by atomic mass is 79.9. The SMILES string of the molecule is COCCOCCOc1ccc(Br)c(C(=O)O)c1. The van der Waals surface area contributed by atoms with Gasteiger partial charge in [-0.1, -0.05) is 0 Å². The van der Waals surface area contributed by atoms with E-state index in [-0.39, 0.29) is 5.56 Å². The standard InChI is InChI=1S/C12H15BrO5/c1-16-4-5-17-6-7-18-9-2-3-11(13)10(8-9)12(14)15/h2-3,8H,4-7H2,1H3,(H,14,15). The van der Waals surface area contributed by atoms with Gasteiger partial charge < -0.3 is 19.3 Å². The summed E-state index contributed by atoms with van der Waals surface area (Å²) in [7, 11) is 1.61. The average molecular weight is 319 g/mol. The van der Waals surface area contributed by atoms with Gasteiger partial charge in [-0.05, 0) is 34.1 Å². The molecule has 1 rings (SSSR count). The first-order chi connectivity index (χ1) is 8.65. The van der Waals surface area contributed by atoms with E-state index < -0.39 is 5.97 Å². The first-order valence-electron chi connectivity index (χ1n) is 5.37. The van der Waals surface area contributed by atoms with Gasteiger partial charge in [0.25, 0.3) is 0 Å². The number of aromatic carboxylic acids is 1. The van der Waals surface area contributed by atoms with Crippen LogP contribution in [-0.4, -0.2) is 44.6 Å². The van der Waals surface area contributed by atoms with Crippen molar-refractivity contribution in [1.82, 2.24) is 0 Å². The minimum absolute atomic E-state index is 0.174. The molecular formula is C12H15BrO5. The topological polar surface area (TPSA) is 65.0 Å². The third kappa shape index (κ3) is 5.03. The van der Waals surface area contributed by atoms with Crippen LogP contribution in [0.25, 0.3) is 0 Å². The molecule has 0 aliphatic heterocycles. The summed E-state index contributed by atoms with van der Waals surface area (Å²) in [5.74, 6) is -0.491. The smallest absolute Gasteiger partial charge is 0.336 e. The Bertz CT molecular complexity index is 394. The Labute approximate surface area is 114 Å². The van der Waals surface area contributed by atoms with Crippen LogP contribution in [0.15, 0.2) is 22.7 Å². The highest BCUT2D eigenvalue weighted by Gasteiger charge is 2.09. The molecule has 0 fully saturated rings. The van der Waals surface area contributed by atoms with Crippen LogP contribution in [0.4, 0.5) is 0 Å². The van der Waals surface area contributed by atoms with Crippen LogP contribution in [0.1, 0.15) is 10.4 Å². The molecule has 6 heteroatoms. The first-order valence-corrected chi connectivity index (χ1v) is 6.16. The summed E-state index contributed by atoms with van der Waals surface area (Å²) in [5.41, 5.74) is 0.174. The summed E-state index contributed by atoms with van der Waals surface area (Å²) >= 11 is 3.17. The van der Waals surface area contributed by atoms with Gasteiger partial charge >= 0.3 is 5.97 Å². The first kappa shape index (κ1) is 14.9. The van der Waals surface area contributed by atoms with Crippen molar-refractivity contribution < 1.29 is 24.1 Å². The van der Waals surface area contributed by atoms with Crippen molar-refractivity contribution >= 4 is 21.9 Å². The quantitative estimate of drug-likeness (QED) is 0.744. The molecule has 0 radical (unpaired) electrons. The normalized spacial score (nSPS) is 10.3. The fourth-order valence-electron chi connectivity index (χ4n) is 1.22. The van der Waals surface area contributed by atoms with Crippen molar-refractivity contribution in [2.75, 3.05) is 33.5 Å². The lowest BCUT2D eigenvalue weighted by molar-refractivity contribution is 0.0543. The molecule has 0 atom stereocenters. The van der Waals surface area contributed by atoms with Crippen molar-refractivity contribution in [3.63, 3.8) is 0 Å². The molecule has 1 N–H and O–H groups in total. The molecule has 0 bridgehead atoms. The van der Waals surface area contributed by atoms with Crippen molar-refractivity contribution in [1.29, 1.82) is 0 Å². The molecule has 1 aromatic carbocycles. The molecule has 0 heterocycles. The van der Waals surface area contributed by atoms with E-state index in [1.165, 1.54) is 6.07 Å². The second kappa shape index (κ2) is 8.07. The summed E-state index contributed by atoms with van der Waals surface area (Å²) < 4.78 is 16.0. The van der Waals surface area contributed by atoms with Crippen molar-refractivity contribution in [3.8, 4) is 5.75 Å². The van der Waals surface area contributed by atoms with Crippen LogP contribution in [0, 0.1) is 0 Å². The largest absolute Gasteiger partial charge is 0.491 e. The van der Waals surface area contributed by atoms with E-state index in [9.17, 15) is 4.79 Å². The number of carboxylic acids is 1. The minimum Gasteiger partial charge on any atom is -0.491 e. The fourth-order valence-corrected chi connectivity index (χ4v) is 1.64. The number of hydrogen-bond donors (Lipinski definition) is 1. The molecular weight excluding hydrogens is 304 g/mol. The number of halogens is 1. The molecule has 1 aromatic rings. The van der Waals surface area contributed by atoms with Gasteiger partial charge in [-0.2, -0.15) is 0 Å². The fraction of sp³-hybridized carbons (Fsp3) is 0.417. The molecule has 0 unspecified atom stereocenters. The Hall–Kier alpha value is -1.11. The average Bonchev–Trinajstić information content (AvgIpc) is 2.35. The Morgan fingerprint density at radius 1 is 1.28 bits per heavy atom. The van der Waals surface area contributed by atoms with E-state index in [2.05, 4.69) is 15.9 Å². The lowest BCUT2D eigenvalue weighted by atomic mass is 10.2. The van der Waals surface area contributed by atoms with E-state index in [1.807, 2.05) is 0 Å². The Balaban J connectivity index is 2.38. The van der Waals surface area contributed by atoms with Crippen LogP contribution in [0.3, 0.4) is 0 Å². The van der Waals surface area contributed by atoms with Crippen LogP contribution < -0.4 is 4.74 Å². The van der Waals surface area contributed by atoms with E-state index >= 15 is 0 Å². The zero-order valence-corrected chi connectivity index (χ0v) is 11.6. The molecule has 0 aliphatic carbocycles. The minimum atomic E-state index is -0.997. The lowest BCUT2D eigenvalue weighted by Crippen LogP contribution is -2.10. The molecule has 0 aromatic heterocycles. The molecule has 0 saturated carbocycles. The van der Waals surface area contributed by atoms with E-state index in [0.717, 1.165) is 0 Å². The van der Waals surface area contributed by atoms with Crippen LogP contribution in [-0.2, 0) is 9.47 Å². The second-order valence-electron chi connectivity index (χ2n) is 3.40. The predicted molar refractivity (Wildman–Crippen MR) is 69.3 cm³/mol. The van der Waals surface area contributed by atoms with Crippen molar-refractivity contribution in [2.24, 2.45) is 0 Å². The van der Waals surface area contributed by atoms with Gasteiger partial charge in [0.2, 0.25) is 0 Å². The summed E-state index contributed by atoms with van der Waals surface area (Å²) in [6.07, 6.45) is 0. The Morgan fingerprint density at radius 2 is 2.00 bits per heavy atom. The second-order valence-corrected chi connectivity index (χ2v) is 4.25. The molecule has 0 saturated heterocycles. The summed E-state index contributed by atoms with van der Waals surface area (Å²) in [5, 5.41) is 8.93.